The van der Waals surface area contributed by atoms with Gasteiger partial charge in [-0.25, -0.2) is 0 Å². The van der Waals surface area contributed by atoms with Crippen LogP contribution in [0.5, 0.6) is 0 Å². The molecule has 0 unspecified atom stereocenters. The van der Waals surface area contributed by atoms with E-state index in [0.717, 1.165) is 70.5 Å². The summed E-state index contributed by atoms with van der Waals surface area (Å²) in [4.78, 5) is 13.0. The number of ether oxygens (including phenoxy) is 3. The molecular formula is C51H99NO10. The Morgan fingerprint density at radius 2 is 1.00 bits per heavy atom. The topological polar surface area (TPSA) is 178 Å². The van der Waals surface area contributed by atoms with Crippen LogP contribution in [0.4, 0.5) is 0 Å². The highest BCUT2D eigenvalue weighted by Gasteiger charge is 2.44. The molecule has 0 aromatic heterocycles. The second kappa shape index (κ2) is 39.3. The van der Waals surface area contributed by atoms with Gasteiger partial charge in [-0.15, -0.1) is 0 Å². The van der Waals surface area contributed by atoms with E-state index < -0.39 is 55.6 Å². The van der Waals surface area contributed by atoms with Crippen LogP contribution in [0.3, 0.4) is 0 Å². The van der Waals surface area contributed by atoms with Gasteiger partial charge in [-0.1, -0.05) is 212 Å². The minimum atomic E-state index is -1.60. The van der Waals surface area contributed by atoms with Gasteiger partial charge < -0.3 is 50.2 Å². The molecule has 2 heterocycles. The molecular weight excluding hydrogens is 787 g/mol. The zero-order chi connectivity index (χ0) is 44.9. The van der Waals surface area contributed by atoms with E-state index in [1.807, 2.05) is 0 Å². The van der Waals surface area contributed by atoms with Crippen molar-refractivity contribution in [2.75, 3.05) is 26.4 Å². The summed E-state index contributed by atoms with van der Waals surface area (Å²) < 4.78 is 16.4. The summed E-state index contributed by atoms with van der Waals surface area (Å²) in [6.07, 6.45) is 33.9. The van der Waals surface area contributed by atoms with Crippen LogP contribution in [0.1, 0.15) is 238 Å². The van der Waals surface area contributed by atoms with Gasteiger partial charge in [-0.3, -0.25) is 4.79 Å². The van der Waals surface area contributed by atoms with E-state index in [1.165, 1.54) is 167 Å². The molecule has 0 radical (unpaired) electrons. The van der Waals surface area contributed by atoms with Crippen LogP contribution in [-0.4, -0.2) is 112 Å². The van der Waals surface area contributed by atoms with Gasteiger partial charge in [0.1, 0.15) is 30.5 Å². The normalized spacial score (nSPS) is 22.1. The fraction of sp³-hybridized carbons (Fsp3) is 0.980. The van der Waals surface area contributed by atoms with E-state index >= 15 is 0 Å². The summed E-state index contributed by atoms with van der Waals surface area (Å²) >= 11 is 0. The van der Waals surface area contributed by atoms with Gasteiger partial charge in [0, 0.05) is 12.3 Å². The summed E-state index contributed by atoms with van der Waals surface area (Å²) in [7, 11) is 0. The fourth-order valence-electron chi connectivity index (χ4n) is 9.07. The van der Waals surface area contributed by atoms with Crippen LogP contribution in [0.25, 0.3) is 0 Å². The lowest BCUT2D eigenvalue weighted by Gasteiger charge is -2.40. The molecule has 0 aromatic rings. The number of amides is 1. The molecule has 2 fully saturated rings. The van der Waals surface area contributed by atoms with E-state index in [4.69, 9.17) is 14.2 Å². The quantitative estimate of drug-likeness (QED) is 0.0292. The van der Waals surface area contributed by atoms with Crippen molar-refractivity contribution in [3.05, 3.63) is 0 Å². The number of rotatable bonds is 44. The number of aliphatic hydroxyl groups excluding tert-OH is 6. The van der Waals surface area contributed by atoms with Crippen molar-refractivity contribution in [2.24, 2.45) is 5.92 Å². The number of aliphatic hydroxyl groups is 6. The molecule has 0 bridgehead atoms. The van der Waals surface area contributed by atoms with E-state index in [9.17, 15) is 35.4 Å². The highest BCUT2D eigenvalue weighted by atomic mass is 16.7. The Labute approximate surface area is 379 Å². The van der Waals surface area contributed by atoms with Crippen LogP contribution in [0.2, 0.25) is 0 Å². The monoisotopic (exact) mass is 886 g/mol. The van der Waals surface area contributed by atoms with Crippen LogP contribution in [0.15, 0.2) is 0 Å². The number of unbranched alkanes of at least 4 members (excludes halogenated alkanes) is 31. The lowest BCUT2D eigenvalue weighted by atomic mass is 9.98. The van der Waals surface area contributed by atoms with Crippen molar-refractivity contribution < 1.29 is 49.6 Å². The Kier molecular flexibility index (Phi) is 36.3. The fourth-order valence-corrected chi connectivity index (χ4v) is 9.07. The van der Waals surface area contributed by atoms with Gasteiger partial charge in [0.05, 0.1) is 38.6 Å². The first-order valence-electron chi connectivity index (χ1n) is 26.4. The van der Waals surface area contributed by atoms with Crippen molar-refractivity contribution in [3.8, 4) is 0 Å². The number of carbonyl (C=O) groups excluding carboxylic acids is 1. The number of hydrogen-bond donors (Lipinski definition) is 7. The molecule has 1 amide bonds. The molecule has 2 saturated heterocycles. The maximum absolute atomic E-state index is 13.0. The Morgan fingerprint density at radius 1 is 0.581 bits per heavy atom. The Hall–Kier alpha value is -0.890. The van der Waals surface area contributed by atoms with Crippen LogP contribution in [-0.2, 0) is 19.0 Å². The van der Waals surface area contributed by atoms with Crippen molar-refractivity contribution in [1.82, 2.24) is 5.32 Å². The maximum atomic E-state index is 13.0. The second-order valence-corrected chi connectivity index (χ2v) is 19.3. The molecule has 2 rings (SSSR count). The van der Waals surface area contributed by atoms with Crippen molar-refractivity contribution in [1.29, 1.82) is 0 Å². The molecule has 0 saturated carbocycles. The molecule has 0 aliphatic carbocycles. The SMILES string of the molecule is CCCCCCCCCCCCCC[C@@H](O)[C@@H](O)[C@H](CO[C@H]1O[C@H](CO)[C@H](O)[C@H](O)[C@H]1O)NC(=O)CCCCCCCCCCCCCCCCCCCCCCCC1COC1. The lowest BCUT2D eigenvalue weighted by Crippen LogP contribution is -2.60. The predicted molar refractivity (Wildman–Crippen MR) is 250 cm³/mol. The molecule has 368 valence electrons. The highest BCUT2D eigenvalue weighted by Crippen LogP contribution is 2.24. The second-order valence-electron chi connectivity index (χ2n) is 19.3. The maximum Gasteiger partial charge on any atom is 0.220 e. The molecule has 2 aliphatic rings. The molecule has 11 nitrogen and oxygen atoms in total. The highest BCUT2D eigenvalue weighted by molar-refractivity contribution is 5.76. The van der Waals surface area contributed by atoms with Crippen molar-refractivity contribution in [2.45, 2.75) is 287 Å². The third-order valence-electron chi connectivity index (χ3n) is 13.5. The van der Waals surface area contributed by atoms with Crippen molar-refractivity contribution in [3.63, 3.8) is 0 Å². The zero-order valence-electron chi connectivity index (χ0n) is 39.8. The number of carbonyl (C=O) groups is 1. The molecule has 0 aromatic carbocycles. The van der Waals surface area contributed by atoms with E-state index in [-0.39, 0.29) is 18.9 Å². The summed E-state index contributed by atoms with van der Waals surface area (Å²) in [5.41, 5.74) is 0. The first kappa shape index (κ1) is 57.2. The van der Waals surface area contributed by atoms with Crippen molar-refractivity contribution >= 4 is 5.91 Å². The van der Waals surface area contributed by atoms with Gasteiger partial charge in [-0.05, 0) is 19.3 Å². The van der Waals surface area contributed by atoms with Gasteiger partial charge in [0.2, 0.25) is 5.91 Å². The largest absolute Gasteiger partial charge is 0.394 e. The van der Waals surface area contributed by atoms with Crippen LogP contribution < -0.4 is 5.32 Å². The number of hydrogen-bond acceptors (Lipinski definition) is 10. The minimum Gasteiger partial charge on any atom is -0.394 e. The van der Waals surface area contributed by atoms with E-state index in [2.05, 4.69) is 12.2 Å². The third-order valence-corrected chi connectivity index (χ3v) is 13.5. The van der Waals surface area contributed by atoms with Crippen LogP contribution in [0, 0.1) is 5.92 Å². The number of nitrogens with one attached hydrogen (secondary N) is 1. The Bertz CT molecular complexity index is 1000. The van der Waals surface area contributed by atoms with E-state index in [0.29, 0.717) is 6.42 Å². The molecule has 62 heavy (non-hydrogen) atoms. The average Bonchev–Trinajstić information content (AvgIpc) is 3.25. The Morgan fingerprint density at radius 3 is 1.42 bits per heavy atom. The van der Waals surface area contributed by atoms with Gasteiger partial charge >= 0.3 is 0 Å². The predicted octanol–water partition coefficient (Wildman–Crippen LogP) is 9.72. The van der Waals surface area contributed by atoms with E-state index in [1.54, 1.807) is 0 Å². The third kappa shape index (κ3) is 28.2. The molecule has 7 N–H and O–H groups in total. The lowest BCUT2D eigenvalue weighted by molar-refractivity contribution is -0.303. The van der Waals surface area contributed by atoms with Gasteiger partial charge in [-0.2, -0.15) is 0 Å². The Balaban J connectivity index is 1.53. The molecule has 0 spiro atoms. The molecule has 8 atom stereocenters. The van der Waals surface area contributed by atoms with Crippen LogP contribution >= 0.6 is 0 Å². The standard InChI is InChI=1S/C51H99NO10/c1-2-3-4-5-6-7-8-21-24-27-30-33-36-44(54)47(56)43(41-61-51-50(59)49(58)48(57)45(38-53)62-51)52-46(55)37-34-31-28-25-22-19-17-15-13-11-9-10-12-14-16-18-20-23-26-29-32-35-42-39-60-40-42/h42-45,47-51,53-54,56-59H,2-41H2,1H3,(H,52,55)/t43-,44+,45+,47-,48-,49-,50+,51-/m0/s1. The van der Waals surface area contributed by atoms with Gasteiger partial charge in [0.25, 0.3) is 0 Å². The first-order chi connectivity index (χ1) is 30.3. The smallest absolute Gasteiger partial charge is 0.220 e. The summed E-state index contributed by atoms with van der Waals surface area (Å²) in [6, 6.07) is -0.986. The van der Waals surface area contributed by atoms with Gasteiger partial charge in [0.15, 0.2) is 6.29 Å². The minimum absolute atomic E-state index is 0.254. The summed E-state index contributed by atoms with van der Waals surface area (Å²) in [5.74, 6) is 0.609. The average molecular weight is 886 g/mol. The zero-order valence-corrected chi connectivity index (χ0v) is 39.8. The first-order valence-corrected chi connectivity index (χ1v) is 26.4. The summed E-state index contributed by atoms with van der Waals surface area (Å²) in [6.45, 7) is 3.35. The molecule has 2 aliphatic heterocycles. The summed E-state index contributed by atoms with van der Waals surface area (Å²) in [5, 5.41) is 65.3. The molecule has 11 heteroatoms.